The Labute approximate surface area is 100 Å². The largest absolute Gasteiger partial charge is 0.384 e. The van der Waals surface area contributed by atoms with Gasteiger partial charge in [0, 0.05) is 18.7 Å². The van der Waals surface area contributed by atoms with Gasteiger partial charge in [-0.1, -0.05) is 0 Å². The molecule has 1 aromatic heterocycles. The molecule has 0 bridgehead atoms. The van der Waals surface area contributed by atoms with Crippen LogP contribution in [0.5, 0.6) is 0 Å². The molecular weight excluding hydrogens is 212 g/mol. The van der Waals surface area contributed by atoms with Gasteiger partial charge >= 0.3 is 0 Å². The molecule has 0 aliphatic carbocycles. The average molecular weight is 226 g/mol. The SMILES string of the molecule is Cc1cc(-c2cc(N)n(C)n2)cc(C#N)c1C. The van der Waals surface area contributed by atoms with Crippen LogP contribution in [0.1, 0.15) is 16.7 Å². The minimum atomic E-state index is 0.608. The molecule has 0 aliphatic heterocycles. The van der Waals surface area contributed by atoms with Gasteiger partial charge in [-0.15, -0.1) is 0 Å². The second-order valence-electron chi connectivity index (χ2n) is 4.16. The minimum absolute atomic E-state index is 0.608. The maximum absolute atomic E-state index is 9.07. The molecule has 0 unspecified atom stereocenters. The third-order valence-electron chi connectivity index (χ3n) is 3.00. The summed E-state index contributed by atoms with van der Waals surface area (Å²) in [5, 5.41) is 13.4. The first-order chi connectivity index (χ1) is 8.02. The Bertz CT molecular complexity index is 598. The van der Waals surface area contributed by atoms with E-state index in [2.05, 4.69) is 11.2 Å². The van der Waals surface area contributed by atoms with Crippen LogP contribution in [0.3, 0.4) is 0 Å². The predicted octanol–water partition coefficient (Wildman–Crippen LogP) is 2.16. The molecule has 2 N–H and O–H groups in total. The van der Waals surface area contributed by atoms with Gasteiger partial charge < -0.3 is 5.73 Å². The van der Waals surface area contributed by atoms with Crippen LogP contribution < -0.4 is 5.73 Å². The van der Waals surface area contributed by atoms with Gasteiger partial charge in [-0.2, -0.15) is 10.4 Å². The van der Waals surface area contributed by atoms with Crippen LogP contribution in [0.25, 0.3) is 11.3 Å². The fourth-order valence-electron chi connectivity index (χ4n) is 1.75. The number of nitrogens with two attached hydrogens (primary N) is 1. The van der Waals surface area contributed by atoms with E-state index in [1.165, 1.54) is 0 Å². The number of nitrogens with zero attached hydrogens (tertiary/aromatic N) is 3. The molecule has 1 heterocycles. The summed E-state index contributed by atoms with van der Waals surface area (Å²) in [5.74, 6) is 0.608. The van der Waals surface area contributed by atoms with E-state index in [9.17, 15) is 0 Å². The number of benzene rings is 1. The Balaban J connectivity index is 2.61. The lowest BCUT2D eigenvalue weighted by atomic mass is 9.99. The Hall–Kier alpha value is -2.28. The van der Waals surface area contributed by atoms with Crippen molar-refractivity contribution in [3.63, 3.8) is 0 Å². The highest BCUT2D eigenvalue weighted by molar-refractivity contribution is 5.66. The van der Waals surface area contributed by atoms with E-state index in [1.807, 2.05) is 32.0 Å². The Morgan fingerprint density at radius 3 is 2.53 bits per heavy atom. The smallest absolute Gasteiger partial charge is 0.121 e. The highest BCUT2D eigenvalue weighted by atomic mass is 15.3. The number of hydrogen-bond donors (Lipinski definition) is 1. The second kappa shape index (κ2) is 3.95. The van der Waals surface area contributed by atoms with Gasteiger partial charge in [0.05, 0.1) is 17.3 Å². The van der Waals surface area contributed by atoms with Gasteiger partial charge in [0.25, 0.3) is 0 Å². The fourth-order valence-corrected chi connectivity index (χ4v) is 1.75. The molecule has 0 amide bonds. The first-order valence-electron chi connectivity index (χ1n) is 5.34. The number of rotatable bonds is 1. The van der Waals surface area contributed by atoms with Crippen molar-refractivity contribution in [1.29, 1.82) is 5.26 Å². The van der Waals surface area contributed by atoms with Crippen LogP contribution in [0.15, 0.2) is 18.2 Å². The maximum atomic E-state index is 9.07. The monoisotopic (exact) mass is 226 g/mol. The summed E-state index contributed by atoms with van der Waals surface area (Å²) in [6.07, 6.45) is 0. The number of hydrogen-bond acceptors (Lipinski definition) is 3. The van der Waals surface area contributed by atoms with Crippen molar-refractivity contribution >= 4 is 5.82 Å². The molecule has 1 aromatic carbocycles. The molecule has 0 fully saturated rings. The zero-order chi connectivity index (χ0) is 12.6. The van der Waals surface area contributed by atoms with E-state index < -0.39 is 0 Å². The third kappa shape index (κ3) is 1.87. The van der Waals surface area contributed by atoms with Gasteiger partial charge in [0.2, 0.25) is 0 Å². The maximum Gasteiger partial charge on any atom is 0.121 e. The minimum Gasteiger partial charge on any atom is -0.384 e. The van der Waals surface area contributed by atoms with E-state index in [1.54, 1.807) is 11.7 Å². The Kier molecular flexibility index (Phi) is 2.60. The molecule has 0 saturated heterocycles. The molecule has 86 valence electrons. The molecule has 4 nitrogen and oxygen atoms in total. The molecule has 4 heteroatoms. The van der Waals surface area contributed by atoms with Crippen LogP contribution in [0, 0.1) is 25.2 Å². The summed E-state index contributed by atoms with van der Waals surface area (Å²) in [5.41, 5.74) is 10.3. The summed E-state index contributed by atoms with van der Waals surface area (Å²) in [6.45, 7) is 3.94. The van der Waals surface area contributed by atoms with E-state index in [0.29, 0.717) is 11.4 Å². The second-order valence-corrected chi connectivity index (χ2v) is 4.16. The van der Waals surface area contributed by atoms with Crippen LogP contribution in [-0.4, -0.2) is 9.78 Å². The molecule has 17 heavy (non-hydrogen) atoms. The van der Waals surface area contributed by atoms with E-state index in [-0.39, 0.29) is 0 Å². The summed E-state index contributed by atoms with van der Waals surface area (Å²) >= 11 is 0. The fraction of sp³-hybridized carbons (Fsp3) is 0.231. The summed E-state index contributed by atoms with van der Waals surface area (Å²) in [6, 6.07) is 7.89. The van der Waals surface area contributed by atoms with E-state index in [4.69, 9.17) is 11.0 Å². The first-order valence-corrected chi connectivity index (χ1v) is 5.34. The molecular formula is C13H14N4. The van der Waals surface area contributed by atoms with Gasteiger partial charge in [-0.25, -0.2) is 0 Å². The van der Waals surface area contributed by atoms with Crippen molar-refractivity contribution in [1.82, 2.24) is 9.78 Å². The lowest BCUT2D eigenvalue weighted by molar-refractivity contribution is 0.782. The van der Waals surface area contributed by atoms with Crippen molar-refractivity contribution in [3.05, 3.63) is 34.9 Å². The van der Waals surface area contributed by atoms with Gasteiger partial charge in [-0.3, -0.25) is 4.68 Å². The number of aryl methyl sites for hydroxylation is 2. The summed E-state index contributed by atoms with van der Waals surface area (Å²) < 4.78 is 1.62. The number of nitriles is 1. The third-order valence-corrected chi connectivity index (χ3v) is 3.00. The van der Waals surface area contributed by atoms with Crippen molar-refractivity contribution in [2.45, 2.75) is 13.8 Å². The van der Waals surface area contributed by atoms with E-state index in [0.717, 1.165) is 22.4 Å². The van der Waals surface area contributed by atoms with Crippen molar-refractivity contribution in [2.75, 3.05) is 5.73 Å². The standard InChI is InChI=1S/C13H14N4/c1-8-4-10(5-11(7-14)9(8)2)12-6-13(15)17(3)16-12/h4-6H,15H2,1-3H3. The highest BCUT2D eigenvalue weighted by Crippen LogP contribution is 2.25. The van der Waals surface area contributed by atoms with Gasteiger partial charge in [0.1, 0.15) is 5.82 Å². The quantitative estimate of drug-likeness (QED) is 0.810. The van der Waals surface area contributed by atoms with Crippen LogP contribution >= 0.6 is 0 Å². The average Bonchev–Trinajstić information content (AvgIpc) is 2.63. The number of aromatic nitrogens is 2. The predicted molar refractivity (Wildman–Crippen MR) is 67.2 cm³/mol. The molecule has 2 aromatic rings. The molecule has 2 rings (SSSR count). The summed E-state index contributed by atoms with van der Waals surface area (Å²) in [4.78, 5) is 0. The first kappa shape index (κ1) is 11.2. The molecule has 0 atom stereocenters. The number of anilines is 1. The molecule has 0 radical (unpaired) electrons. The zero-order valence-corrected chi connectivity index (χ0v) is 10.2. The van der Waals surface area contributed by atoms with E-state index >= 15 is 0 Å². The lowest BCUT2D eigenvalue weighted by Crippen LogP contribution is -1.96. The Morgan fingerprint density at radius 2 is 2.00 bits per heavy atom. The zero-order valence-electron chi connectivity index (χ0n) is 10.2. The van der Waals surface area contributed by atoms with Gasteiger partial charge in [0.15, 0.2) is 0 Å². The van der Waals surface area contributed by atoms with Crippen LogP contribution in [0.2, 0.25) is 0 Å². The normalized spacial score (nSPS) is 10.2. The molecule has 0 spiro atoms. The molecule has 0 saturated carbocycles. The molecule has 0 aliphatic rings. The topological polar surface area (TPSA) is 67.6 Å². The van der Waals surface area contributed by atoms with Gasteiger partial charge in [-0.05, 0) is 37.1 Å². The van der Waals surface area contributed by atoms with Crippen molar-refractivity contribution in [3.8, 4) is 17.3 Å². The van der Waals surface area contributed by atoms with Crippen LogP contribution in [-0.2, 0) is 7.05 Å². The van der Waals surface area contributed by atoms with Crippen molar-refractivity contribution < 1.29 is 0 Å². The highest BCUT2D eigenvalue weighted by Gasteiger charge is 2.09. The number of nitrogen functional groups attached to an aromatic ring is 1. The lowest BCUT2D eigenvalue weighted by Gasteiger charge is -2.05. The Morgan fingerprint density at radius 1 is 1.29 bits per heavy atom. The van der Waals surface area contributed by atoms with Crippen molar-refractivity contribution in [2.24, 2.45) is 7.05 Å². The van der Waals surface area contributed by atoms with Crippen LogP contribution in [0.4, 0.5) is 5.82 Å². The summed E-state index contributed by atoms with van der Waals surface area (Å²) in [7, 11) is 1.80.